The number of benzene rings is 3. The summed E-state index contributed by atoms with van der Waals surface area (Å²) in [5.41, 5.74) is 7.80. The zero-order valence-corrected chi connectivity index (χ0v) is 23.9. The SMILES string of the molecule is COC(=O)c1ccc(CN(C)c2nc(-c3ccc(N(C)Cc4ccc(C5CCCCC5)cc4)cc3)cs2)cc1. The van der Waals surface area contributed by atoms with Crippen LogP contribution in [0.25, 0.3) is 11.3 Å². The van der Waals surface area contributed by atoms with Crippen molar-refractivity contribution in [3.05, 3.63) is 100 Å². The van der Waals surface area contributed by atoms with Crippen LogP contribution in [0.5, 0.6) is 0 Å². The molecule has 0 aliphatic heterocycles. The number of hydrogen-bond donors (Lipinski definition) is 0. The van der Waals surface area contributed by atoms with Crippen LogP contribution in [-0.2, 0) is 17.8 Å². The van der Waals surface area contributed by atoms with Gasteiger partial charge in [-0.25, -0.2) is 9.78 Å². The summed E-state index contributed by atoms with van der Waals surface area (Å²) < 4.78 is 4.78. The van der Waals surface area contributed by atoms with E-state index >= 15 is 0 Å². The normalized spacial score (nSPS) is 13.7. The van der Waals surface area contributed by atoms with Crippen LogP contribution in [0.4, 0.5) is 10.8 Å². The molecule has 5 nitrogen and oxygen atoms in total. The van der Waals surface area contributed by atoms with Crippen LogP contribution in [0.3, 0.4) is 0 Å². The van der Waals surface area contributed by atoms with Gasteiger partial charge in [-0.15, -0.1) is 11.3 Å². The minimum absolute atomic E-state index is 0.319. The number of hydrogen-bond acceptors (Lipinski definition) is 6. The van der Waals surface area contributed by atoms with Crippen molar-refractivity contribution in [1.29, 1.82) is 0 Å². The molecule has 5 rings (SSSR count). The Morgan fingerprint density at radius 1 is 0.846 bits per heavy atom. The summed E-state index contributed by atoms with van der Waals surface area (Å²) in [6.45, 7) is 1.59. The van der Waals surface area contributed by atoms with Gasteiger partial charge in [-0.05, 0) is 59.7 Å². The minimum Gasteiger partial charge on any atom is -0.465 e. The van der Waals surface area contributed by atoms with E-state index in [0.717, 1.165) is 34.4 Å². The number of nitrogens with zero attached hydrogens (tertiary/aromatic N) is 3. The highest BCUT2D eigenvalue weighted by molar-refractivity contribution is 7.14. The Morgan fingerprint density at radius 2 is 1.46 bits per heavy atom. The fourth-order valence-corrected chi connectivity index (χ4v) is 6.16. The lowest BCUT2D eigenvalue weighted by atomic mass is 9.84. The van der Waals surface area contributed by atoms with Crippen LogP contribution < -0.4 is 9.80 Å². The third-order valence-electron chi connectivity index (χ3n) is 7.69. The Hall–Kier alpha value is -3.64. The van der Waals surface area contributed by atoms with Gasteiger partial charge in [0.1, 0.15) is 0 Å². The van der Waals surface area contributed by atoms with E-state index in [1.807, 2.05) is 19.2 Å². The van der Waals surface area contributed by atoms with Gasteiger partial charge in [0.15, 0.2) is 5.13 Å². The maximum absolute atomic E-state index is 11.7. The number of esters is 1. The molecule has 1 aliphatic carbocycles. The van der Waals surface area contributed by atoms with Gasteiger partial charge in [-0.3, -0.25) is 0 Å². The van der Waals surface area contributed by atoms with Gasteiger partial charge in [0.2, 0.25) is 0 Å². The summed E-state index contributed by atoms with van der Waals surface area (Å²) in [5.74, 6) is 0.434. The lowest BCUT2D eigenvalue weighted by molar-refractivity contribution is 0.0600. The summed E-state index contributed by atoms with van der Waals surface area (Å²) in [4.78, 5) is 21.0. The fraction of sp³-hybridized carbons (Fsp3) is 0.333. The number of aromatic nitrogens is 1. The zero-order valence-electron chi connectivity index (χ0n) is 23.1. The van der Waals surface area contributed by atoms with Crippen molar-refractivity contribution in [2.75, 3.05) is 31.0 Å². The van der Waals surface area contributed by atoms with Gasteiger partial charge in [-0.2, -0.15) is 0 Å². The van der Waals surface area contributed by atoms with E-state index in [4.69, 9.17) is 9.72 Å². The van der Waals surface area contributed by atoms with Gasteiger partial charge >= 0.3 is 5.97 Å². The molecule has 1 heterocycles. The second kappa shape index (κ2) is 12.5. The molecule has 3 aromatic carbocycles. The van der Waals surface area contributed by atoms with Crippen molar-refractivity contribution in [2.24, 2.45) is 0 Å². The van der Waals surface area contributed by atoms with Crippen LogP contribution >= 0.6 is 11.3 Å². The van der Waals surface area contributed by atoms with Crippen LogP contribution in [-0.4, -0.2) is 32.2 Å². The molecule has 1 aliphatic rings. The van der Waals surface area contributed by atoms with Gasteiger partial charge in [0.25, 0.3) is 0 Å². The predicted molar refractivity (Wildman–Crippen MR) is 162 cm³/mol. The first-order chi connectivity index (χ1) is 19.0. The van der Waals surface area contributed by atoms with Crippen molar-refractivity contribution in [1.82, 2.24) is 4.98 Å². The predicted octanol–water partition coefficient (Wildman–Crippen LogP) is 7.92. The Bertz CT molecular complexity index is 1360. The Labute approximate surface area is 236 Å². The first-order valence-electron chi connectivity index (χ1n) is 13.7. The summed E-state index contributed by atoms with van der Waals surface area (Å²) in [5, 5.41) is 3.07. The Kier molecular flexibility index (Phi) is 8.62. The third kappa shape index (κ3) is 6.69. The molecule has 1 fully saturated rings. The number of anilines is 2. The highest BCUT2D eigenvalue weighted by Crippen LogP contribution is 2.33. The van der Waals surface area contributed by atoms with E-state index in [0.29, 0.717) is 12.1 Å². The third-order valence-corrected chi connectivity index (χ3v) is 8.65. The molecule has 0 bridgehead atoms. The average Bonchev–Trinajstić information content (AvgIpc) is 3.49. The molecule has 0 atom stereocenters. The van der Waals surface area contributed by atoms with Crippen molar-refractivity contribution in [3.8, 4) is 11.3 Å². The lowest BCUT2D eigenvalue weighted by Crippen LogP contribution is -2.16. The fourth-order valence-electron chi connectivity index (χ4n) is 5.36. The topological polar surface area (TPSA) is 45.7 Å². The first-order valence-corrected chi connectivity index (χ1v) is 14.6. The maximum atomic E-state index is 11.7. The van der Waals surface area contributed by atoms with Crippen molar-refractivity contribution in [2.45, 2.75) is 51.1 Å². The van der Waals surface area contributed by atoms with Crippen LogP contribution in [0, 0.1) is 0 Å². The number of methoxy groups -OCH3 is 1. The molecule has 39 heavy (non-hydrogen) atoms. The van der Waals surface area contributed by atoms with E-state index < -0.39 is 0 Å². The number of ether oxygens (including phenoxy) is 1. The molecule has 0 unspecified atom stereocenters. The lowest BCUT2D eigenvalue weighted by Gasteiger charge is -2.23. The van der Waals surface area contributed by atoms with Gasteiger partial charge in [0.05, 0.1) is 18.4 Å². The average molecular weight is 540 g/mol. The summed E-state index contributed by atoms with van der Waals surface area (Å²) in [6, 6.07) is 25.5. The molecule has 1 aromatic heterocycles. The molecule has 0 spiro atoms. The highest BCUT2D eigenvalue weighted by Gasteiger charge is 2.15. The van der Waals surface area contributed by atoms with Crippen molar-refractivity contribution >= 4 is 28.1 Å². The molecule has 0 saturated heterocycles. The summed E-state index contributed by atoms with van der Waals surface area (Å²) in [7, 11) is 5.58. The van der Waals surface area contributed by atoms with E-state index in [1.54, 1.807) is 23.5 Å². The highest BCUT2D eigenvalue weighted by atomic mass is 32.1. The maximum Gasteiger partial charge on any atom is 0.337 e. The zero-order chi connectivity index (χ0) is 27.2. The van der Waals surface area contributed by atoms with Gasteiger partial charge in [0, 0.05) is 43.8 Å². The number of carbonyl (C=O) groups excluding carboxylic acids is 1. The molecule has 0 N–H and O–H groups in total. The summed E-state index contributed by atoms with van der Waals surface area (Å²) >= 11 is 1.64. The monoisotopic (exact) mass is 539 g/mol. The largest absolute Gasteiger partial charge is 0.465 e. The number of thiazole rings is 1. The Morgan fingerprint density at radius 3 is 2.10 bits per heavy atom. The number of rotatable bonds is 9. The molecular formula is C33H37N3O2S. The van der Waals surface area contributed by atoms with E-state index in [9.17, 15) is 4.79 Å². The Balaban J connectivity index is 1.17. The van der Waals surface area contributed by atoms with E-state index in [2.05, 4.69) is 70.8 Å². The molecule has 0 amide bonds. The van der Waals surface area contributed by atoms with Crippen LogP contribution in [0.15, 0.2) is 78.2 Å². The quantitative estimate of drug-likeness (QED) is 0.202. The second-order valence-electron chi connectivity index (χ2n) is 10.5. The molecule has 202 valence electrons. The molecule has 6 heteroatoms. The van der Waals surface area contributed by atoms with Crippen LogP contribution in [0.2, 0.25) is 0 Å². The number of carbonyl (C=O) groups is 1. The summed E-state index contributed by atoms with van der Waals surface area (Å²) in [6.07, 6.45) is 6.83. The van der Waals surface area contributed by atoms with Gasteiger partial charge in [-0.1, -0.05) is 67.8 Å². The standard InChI is InChI=1S/C33H37N3O2S/c1-35(21-24-9-13-27(14-10-24)26-7-5-4-6-8-26)30-19-17-28(18-20-30)31-23-39-33(34-31)36(2)22-25-11-15-29(16-12-25)32(37)38-3/h9-20,23,26H,4-8,21-22H2,1-3H3. The minimum atomic E-state index is -0.319. The second-order valence-corrected chi connectivity index (χ2v) is 11.4. The smallest absolute Gasteiger partial charge is 0.337 e. The van der Waals surface area contributed by atoms with Crippen LogP contribution in [0.1, 0.15) is 65.1 Å². The molecule has 1 saturated carbocycles. The van der Waals surface area contributed by atoms with E-state index in [-0.39, 0.29) is 5.97 Å². The van der Waals surface area contributed by atoms with Gasteiger partial charge < -0.3 is 14.5 Å². The molecule has 4 aromatic rings. The van der Waals surface area contributed by atoms with Crippen molar-refractivity contribution < 1.29 is 9.53 Å². The molecular weight excluding hydrogens is 502 g/mol. The van der Waals surface area contributed by atoms with E-state index in [1.165, 1.54) is 56.0 Å². The van der Waals surface area contributed by atoms with Crippen molar-refractivity contribution in [3.63, 3.8) is 0 Å². The first kappa shape index (κ1) is 26.9. The molecule has 0 radical (unpaired) electrons.